The average Bonchev–Trinajstić information content (AvgIpc) is 2.34. The molecule has 0 radical (unpaired) electrons. The van der Waals surface area contributed by atoms with Crippen LogP contribution in [0.2, 0.25) is 0 Å². The molecule has 1 rings (SSSR count). The molecule has 0 aliphatic heterocycles. The molecule has 0 amide bonds. The lowest BCUT2D eigenvalue weighted by Gasteiger charge is -2.08. The van der Waals surface area contributed by atoms with E-state index in [0.29, 0.717) is 18.9 Å². The molecule has 1 aromatic carbocycles. The van der Waals surface area contributed by atoms with Crippen LogP contribution in [-0.2, 0) is 16.0 Å². The molecule has 3 heteroatoms. The Balaban J connectivity index is 2.04. The summed E-state index contributed by atoms with van der Waals surface area (Å²) in [6.45, 7) is 6.55. The predicted octanol–water partition coefficient (Wildman–Crippen LogP) is 2.41. The molecule has 0 unspecified atom stereocenters. The van der Waals surface area contributed by atoms with Crippen molar-refractivity contribution in [1.29, 1.82) is 0 Å². The fourth-order valence-corrected chi connectivity index (χ4v) is 1.57. The van der Waals surface area contributed by atoms with E-state index in [4.69, 9.17) is 4.74 Å². The van der Waals surface area contributed by atoms with Crippen molar-refractivity contribution in [3.63, 3.8) is 0 Å². The van der Waals surface area contributed by atoms with Gasteiger partial charge in [0.25, 0.3) is 0 Å². The Labute approximate surface area is 110 Å². The van der Waals surface area contributed by atoms with Crippen LogP contribution in [0.15, 0.2) is 30.3 Å². The third-order valence-corrected chi connectivity index (χ3v) is 2.63. The molecule has 0 aliphatic carbocycles. The molecule has 3 nitrogen and oxygen atoms in total. The van der Waals surface area contributed by atoms with Crippen molar-refractivity contribution in [2.24, 2.45) is 5.92 Å². The van der Waals surface area contributed by atoms with E-state index in [-0.39, 0.29) is 5.97 Å². The second kappa shape index (κ2) is 8.70. The summed E-state index contributed by atoms with van der Waals surface area (Å²) in [6, 6.07) is 9.66. The molecular weight excluding hydrogens is 226 g/mol. The summed E-state index contributed by atoms with van der Waals surface area (Å²) < 4.78 is 5.15. The number of hydrogen-bond donors (Lipinski definition) is 1. The Kier molecular flexibility index (Phi) is 7.11. The molecule has 100 valence electrons. The van der Waals surface area contributed by atoms with Crippen molar-refractivity contribution in [3.8, 4) is 0 Å². The second-order valence-electron chi connectivity index (χ2n) is 4.82. The highest BCUT2D eigenvalue weighted by Gasteiger charge is 2.03. The Morgan fingerprint density at radius 2 is 1.94 bits per heavy atom. The van der Waals surface area contributed by atoms with Gasteiger partial charge in [-0.25, -0.2) is 0 Å². The fraction of sp³-hybridized carbons (Fsp3) is 0.533. The lowest BCUT2D eigenvalue weighted by molar-refractivity contribution is -0.142. The van der Waals surface area contributed by atoms with Crippen LogP contribution in [0.4, 0.5) is 0 Å². The second-order valence-corrected chi connectivity index (χ2v) is 4.82. The molecule has 1 N–H and O–H groups in total. The minimum Gasteiger partial charge on any atom is -0.464 e. The van der Waals surface area contributed by atoms with Crippen LogP contribution in [0.1, 0.15) is 25.8 Å². The highest BCUT2D eigenvalue weighted by Crippen LogP contribution is 2.00. The zero-order valence-electron chi connectivity index (χ0n) is 11.3. The van der Waals surface area contributed by atoms with Crippen LogP contribution in [0, 0.1) is 5.92 Å². The molecule has 0 saturated heterocycles. The van der Waals surface area contributed by atoms with Crippen molar-refractivity contribution in [3.05, 3.63) is 35.9 Å². The Morgan fingerprint density at radius 1 is 1.22 bits per heavy atom. The van der Waals surface area contributed by atoms with E-state index < -0.39 is 0 Å². The number of ether oxygens (including phenoxy) is 1. The number of hydrogen-bond acceptors (Lipinski definition) is 3. The van der Waals surface area contributed by atoms with Crippen LogP contribution in [-0.4, -0.2) is 25.7 Å². The largest absolute Gasteiger partial charge is 0.464 e. The number of benzene rings is 1. The zero-order chi connectivity index (χ0) is 13.2. The summed E-state index contributed by atoms with van der Waals surface area (Å²) in [5, 5.41) is 3.26. The summed E-state index contributed by atoms with van der Waals surface area (Å²) in [5.41, 5.74) is 0.996. The van der Waals surface area contributed by atoms with E-state index >= 15 is 0 Å². The van der Waals surface area contributed by atoms with Crippen LogP contribution >= 0.6 is 0 Å². The lowest BCUT2D eigenvalue weighted by Crippen LogP contribution is -2.23. The van der Waals surface area contributed by atoms with Crippen LogP contribution in [0.3, 0.4) is 0 Å². The molecule has 0 aromatic heterocycles. The van der Waals surface area contributed by atoms with Gasteiger partial charge in [-0.1, -0.05) is 44.2 Å². The van der Waals surface area contributed by atoms with Crippen molar-refractivity contribution in [2.75, 3.05) is 19.7 Å². The molecular formula is C15H23NO2. The predicted molar refractivity (Wildman–Crippen MR) is 73.4 cm³/mol. The van der Waals surface area contributed by atoms with Crippen LogP contribution in [0.25, 0.3) is 0 Å². The maximum absolute atomic E-state index is 11.5. The van der Waals surface area contributed by atoms with Gasteiger partial charge in [0.1, 0.15) is 6.61 Å². The van der Waals surface area contributed by atoms with Gasteiger partial charge < -0.3 is 10.1 Å². The normalized spacial score (nSPS) is 10.6. The van der Waals surface area contributed by atoms with Crippen LogP contribution < -0.4 is 5.32 Å². The quantitative estimate of drug-likeness (QED) is 0.568. The van der Waals surface area contributed by atoms with E-state index in [1.54, 1.807) is 0 Å². The van der Waals surface area contributed by atoms with E-state index in [1.165, 1.54) is 0 Å². The maximum atomic E-state index is 11.5. The molecule has 18 heavy (non-hydrogen) atoms. The van der Waals surface area contributed by atoms with Gasteiger partial charge in [0.15, 0.2) is 0 Å². The Hall–Kier alpha value is -1.35. The topological polar surface area (TPSA) is 38.3 Å². The highest BCUT2D eigenvalue weighted by atomic mass is 16.5. The van der Waals surface area contributed by atoms with E-state index in [0.717, 1.165) is 25.1 Å². The van der Waals surface area contributed by atoms with Gasteiger partial charge in [-0.3, -0.25) is 4.79 Å². The van der Waals surface area contributed by atoms with Crippen LogP contribution in [0.5, 0.6) is 0 Å². The number of rotatable bonds is 8. The number of esters is 1. The number of nitrogens with one attached hydrogen (secondary N) is 1. The third kappa shape index (κ3) is 7.07. The molecule has 1 aromatic rings. The lowest BCUT2D eigenvalue weighted by atomic mass is 10.1. The molecule has 0 atom stereocenters. The SMILES string of the molecule is CC(C)CCNCCOC(=O)Cc1ccccc1. The maximum Gasteiger partial charge on any atom is 0.310 e. The smallest absolute Gasteiger partial charge is 0.310 e. The fourth-order valence-electron chi connectivity index (χ4n) is 1.57. The Bertz CT molecular complexity index is 336. The molecule has 0 fully saturated rings. The minimum absolute atomic E-state index is 0.160. The molecule has 0 spiro atoms. The third-order valence-electron chi connectivity index (χ3n) is 2.63. The zero-order valence-corrected chi connectivity index (χ0v) is 11.3. The van der Waals surface area contributed by atoms with E-state index in [9.17, 15) is 4.79 Å². The standard InChI is InChI=1S/C15H23NO2/c1-13(2)8-9-16-10-11-18-15(17)12-14-6-4-3-5-7-14/h3-7,13,16H,8-12H2,1-2H3. The first-order valence-electron chi connectivity index (χ1n) is 6.58. The van der Waals surface area contributed by atoms with Gasteiger partial charge in [-0.2, -0.15) is 0 Å². The highest BCUT2D eigenvalue weighted by molar-refractivity contribution is 5.72. The van der Waals surface area contributed by atoms with Gasteiger partial charge in [0.2, 0.25) is 0 Å². The molecule has 0 aliphatic rings. The summed E-state index contributed by atoms with van der Waals surface area (Å²) >= 11 is 0. The van der Waals surface area contributed by atoms with E-state index in [2.05, 4.69) is 19.2 Å². The van der Waals surface area contributed by atoms with Gasteiger partial charge >= 0.3 is 5.97 Å². The van der Waals surface area contributed by atoms with Gasteiger partial charge in [0, 0.05) is 6.54 Å². The van der Waals surface area contributed by atoms with Gasteiger partial charge in [0.05, 0.1) is 6.42 Å². The number of carbonyl (C=O) groups excluding carboxylic acids is 1. The first kappa shape index (κ1) is 14.7. The van der Waals surface area contributed by atoms with Crippen molar-refractivity contribution >= 4 is 5.97 Å². The van der Waals surface area contributed by atoms with Crippen molar-refractivity contribution in [2.45, 2.75) is 26.7 Å². The Morgan fingerprint density at radius 3 is 2.61 bits per heavy atom. The monoisotopic (exact) mass is 249 g/mol. The summed E-state index contributed by atoms with van der Waals surface area (Å²) in [6.07, 6.45) is 1.50. The summed E-state index contributed by atoms with van der Waals surface area (Å²) in [4.78, 5) is 11.5. The minimum atomic E-state index is -0.160. The summed E-state index contributed by atoms with van der Waals surface area (Å²) in [7, 11) is 0. The van der Waals surface area contributed by atoms with E-state index in [1.807, 2.05) is 30.3 Å². The molecule has 0 heterocycles. The summed E-state index contributed by atoms with van der Waals surface area (Å²) in [5.74, 6) is 0.546. The van der Waals surface area contributed by atoms with Crippen molar-refractivity contribution in [1.82, 2.24) is 5.32 Å². The first-order valence-corrected chi connectivity index (χ1v) is 6.58. The van der Waals surface area contributed by atoms with Crippen molar-refractivity contribution < 1.29 is 9.53 Å². The first-order chi connectivity index (χ1) is 8.68. The average molecular weight is 249 g/mol. The number of carbonyl (C=O) groups is 1. The van der Waals surface area contributed by atoms with Gasteiger partial charge in [-0.15, -0.1) is 0 Å². The van der Waals surface area contributed by atoms with Gasteiger partial charge in [-0.05, 0) is 24.4 Å². The molecule has 0 saturated carbocycles. The molecule has 0 bridgehead atoms.